The topological polar surface area (TPSA) is 50.4 Å². The number of thiocarbonyl (C=S) groups is 1. The van der Waals surface area contributed by atoms with E-state index >= 15 is 0 Å². The van der Waals surface area contributed by atoms with Crippen LogP contribution >= 0.6 is 12.2 Å². The van der Waals surface area contributed by atoms with E-state index in [0.717, 1.165) is 30.2 Å². The number of rotatable bonds is 7. The van der Waals surface area contributed by atoms with Crippen LogP contribution in [0.5, 0.6) is 5.75 Å². The van der Waals surface area contributed by atoms with E-state index in [1.807, 2.05) is 36.4 Å². The van der Waals surface area contributed by atoms with Gasteiger partial charge in [-0.25, -0.2) is 0 Å². The molecule has 2 aromatic carbocycles. The Balaban J connectivity index is 1.84. The number of nitrogens with one attached hydrogen (secondary N) is 2. The van der Waals surface area contributed by atoms with Gasteiger partial charge in [-0.05, 0) is 80.0 Å². The number of ketones is 1. The fourth-order valence-electron chi connectivity index (χ4n) is 2.13. The lowest BCUT2D eigenvalue weighted by atomic mass is 10.1. The smallest absolute Gasteiger partial charge is 0.175 e. The Morgan fingerprint density at radius 3 is 2.00 bits per heavy atom. The molecule has 0 aliphatic rings. The Kier molecular flexibility index (Phi) is 6.95. The first-order valence-electron chi connectivity index (χ1n) is 8.36. The maximum Gasteiger partial charge on any atom is 0.175 e. The van der Waals surface area contributed by atoms with Crippen molar-refractivity contribution in [3.63, 3.8) is 0 Å². The molecule has 25 heavy (non-hydrogen) atoms. The number of carbonyl (C=O) groups excluding carboxylic acids is 1. The van der Waals surface area contributed by atoms with Gasteiger partial charge in [0.15, 0.2) is 10.9 Å². The number of hydrogen-bond donors (Lipinski definition) is 2. The highest BCUT2D eigenvalue weighted by atomic mass is 32.1. The van der Waals surface area contributed by atoms with E-state index < -0.39 is 0 Å². The van der Waals surface area contributed by atoms with Crippen molar-refractivity contribution in [2.45, 2.75) is 27.2 Å². The third-order valence-electron chi connectivity index (χ3n) is 3.63. The number of hydrogen-bond acceptors (Lipinski definition) is 3. The minimum Gasteiger partial charge on any atom is -0.494 e. The highest BCUT2D eigenvalue weighted by molar-refractivity contribution is 7.80. The van der Waals surface area contributed by atoms with Crippen molar-refractivity contribution in [1.29, 1.82) is 0 Å². The zero-order valence-corrected chi connectivity index (χ0v) is 15.7. The van der Waals surface area contributed by atoms with Gasteiger partial charge in [0.25, 0.3) is 0 Å². The van der Waals surface area contributed by atoms with Crippen LogP contribution < -0.4 is 15.4 Å². The molecule has 0 aliphatic carbocycles. The van der Waals surface area contributed by atoms with Crippen molar-refractivity contribution >= 4 is 34.5 Å². The molecule has 0 saturated carbocycles. The number of benzene rings is 2. The molecule has 0 radical (unpaired) electrons. The number of ether oxygens (including phenoxy) is 1. The third-order valence-corrected chi connectivity index (χ3v) is 3.83. The average molecular weight is 356 g/mol. The summed E-state index contributed by atoms with van der Waals surface area (Å²) < 4.78 is 5.70. The van der Waals surface area contributed by atoms with Crippen LogP contribution in [0.2, 0.25) is 0 Å². The lowest BCUT2D eigenvalue weighted by molar-refractivity contribution is 0.101. The maximum atomic E-state index is 11.3. The summed E-state index contributed by atoms with van der Waals surface area (Å²) in [6.07, 6.45) is 1.04. The summed E-state index contributed by atoms with van der Waals surface area (Å²) in [6, 6.07) is 14.9. The van der Waals surface area contributed by atoms with E-state index in [1.54, 1.807) is 19.1 Å². The third kappa shape index (κ3) is 6.55. The van der Waals surface area contributed by atoms with E-state index in [-0.39, 0.29) is 5.78 Å². The van der Waals surface area contributed by atoms with Gasteiger partial charge in [0, 0.05) is 16.9 Å². The van der Waals surface area contributed by atoms with E-state index in [9.17, 15) is 4.79 Å². The van der Waals surface area contributed by atoms with Crippen LogP contribution in [0, 0.1) is 5.92 Å². The van der Waals surface area contributed by atoms with Crippen LogP contribution in [-0.4, -0.2) is 17.5 Å². The predicted molar refractivity (Wildman–Crippen MR) is 108 cm³/mol. The molecule has 0 unspecified atom stereocenters. The zero-order valence-electron chi connectivity index (χ0n) is 14.8. The maximum absolute atomic E-state index is 11.3. The molecule has 5 heteroatoms. The summed E-state index contributed by atoms with van der Waals surface area (Å²) in [4.78, 5) is 11.3. The molecule has 2 rings (SSSR count). The molecule has 0 amide bonds. The summed E-state index contributed by atoms with van der Waals surface area (Å²) in [5.74, 6) is 1.53. The van der Waals surface area contributed by atoms with Gasteiger partial charge in [0.2, 0.25) is 0 Å². The molecule has 0 fully saturated rings. The summed E-state index contributed by atoms with van der Waals surface area (Å²) in [6.45, 7) is 6.63. The standard InChI is InChI=1S/C20H24N2O2S/c1-14(2)12-13-24-19-10-8-18(9-11-19)22-20(25)21-17-6-4-16(5-7-17)15(3)23/h4-11,14H,12-13H2,1-3H3,(H2,21,22,25). The molecule has 0 atom stereocenters. The van der Waals surface area contributed by atoms with Crippen LogP contribution in [0.4, 0.5) is 11.4 Å². The molecule has 2 N–H and O–H groups in total. The summed E-state index contributed by atoms with van der Waals surface area (Å²) in [5, 5.41) is 6.71. The molecule has 0 saturated heterocycles. The van der Waals surface area contributed by atoms with E-state index in [0.29, 0.717) is 16.6 Å². The molecule has 2 aromatic rings. The van der Waals surface area contributed by atoms with Gasteiger partial charge in [-0.3, -0.25) is 4.79 Å². The highest BCUT2D eigenvalue weighted by Crippen LogP contribution is 2.17. The largest absolute Gasteiger partial charge is 0.494 e. The van der Waals surface area contributed by atoms with Gasteiger partial charge < -0.3 is 15.4 Å². The molecule has 0 bridgehead atoms. The molecule has 4 nitrogen and oxygen atoms in total. The van der Waals surface area contributed by atoms with Gasteiger partial charge in [0.1, 0.15) is 5.75 Å². The second kappa shape index (κ2) is 9.18. The molecule has 0 spiro atoms. The van der Waals surface area contributed by atoms with Crippen LogP contribution in [0.3, 0.4) is 0 Å². The fourth-order valence-corrected chi connectivity index (χ4v) is 2.36. The normalized spacial score (nSPS) is 10.4. The monoisotopic (exact) mass is 356 g/mol. The first-order chi connectivity index (χ1) is 11.9. The van der Waals surface area contributed by atoms with Crippen molar-refractivity contribution in [2.75, 3.05) is 17.2 Å². The average Bonchev–Trinajstić information content (AvgIpc) is 2.56. The van der Waals surface area contributed by atoms with Crippen molar-refractivity contribution < 1.29 is 9.53 Å². The van der Waals surface area contributed by atoms with Crippen LogP contribution in [0.15, 0.2) is 48.5 Å². The van der Waals surface area contributed by atoms with Crippen LogP contribution in [-0.2, 0) is 0 Å². The van der Waals surface area contributed by atoms with Gasteiger partial charge in [-0.1, -0.05) is 13.8 Å². The Labute approximate surface area is 154 Å². The molecule has 132 valence electrons. The predicted octanol–water partition coefficient (Wildman–Crippen LogP) is 5.12. The van der Waals surface area contributed by atoms with Gasteiger partial charge in [-0.2, -0.15) is 0 Å². The van der Waals surface area contributed by atoms with Crippen LogP contribution in [0.1, 0.15) is 37.6 Å². The van der Waals surface area contributed by atoms with E-state index in [4.69, 9.17) is 17.0 Å². The summed E-state index contributed by atoms with van der Waals surface area (Å²) in [7, 11) is 0. The molecular weight excluding hydrogens is 332 g/mol. The fraction of sp³-hybridized carbons (Fsp3) is 0.300. The first-order valence-corrected chi connectivity index (χ1v) is 8.76. The molecule has 0 heterocycles. The molecule has 0 aromatic heterocycles. The Bertz CT molecular complexity index is 709. The minimum absolute atomic E-state index is 0.0444. The van der Waals surface area contributed by atoms with E-state index in [2.05, 4.69) is 24.5 Å². The second-order valence-corrected chi connectivity index (χ2v) is 6.68. The second-order valence-electron chi connectivity index (χ2n) is 6.27. The minimum atomic E-state index is 0.0444. The number of anilines is 2. The van der Waals surface area contributed by atoms with Gasteiger partial charge in [-0.15, -0.1) is 0 Å². The van der Waals surface area contributed by atoms with Crippen LogP contribution in [0.25, 0.3) is 0 Å². The van der Waals surface area contributed by atoms with Crippen molar-refractivity contribution in [1.82, 2.24) is 0 Å². The van der Waals surface area contributed by atoms with Gasteiger partial charge in [0.05, 0.1) is 6.61 Å². The highest BCUT2D eigenvalue weighted by Gasteiger charge is 2.02. The number of Topliss-reactive ketones (excluding diaryl/α,β-unsaturated/α-hetero) is 1. The Morgan fingerprint density at radius 2 is 1.52 bits per heavy atom. The van der Waals surface area contributed by atoms with E-state index in [1.165, 1.54) is 0 Å². The quantitative estimate of drug-likeness (QED) is 0.532. The number of carbonyl (C=O) groups is 1. The van der Waals surface area contributed by atoms with Crippen molar-refractivity contribution in [3.8, 4) is 5.75 Å². The first kappa shape index (κ1) is 18.9. The lowest BCUT2D eigenvalue weighted by Crippen LogP contribution is -2.19. The molecular formula is C20H24N2O2S. The SMILES string of the molecule is CC(=O)c1ccc(NC(=S)Nc2ccc(OCCC(C)C)cc2)cc1. The van der Waals surface area contributed by atoms with Crippen molar-refractivity contribution in [2.24, 2.45) is 5.92 Å². The van der Waals surface area contributed by atoms with Gasteiger partial charge >= 0.3 is 0 Å². The summed E-state index contributed by atoms with van der Waals surface area (Å²) >= 11 is 5.31. The Morgan fingerprint density at radius 1 is 1.00 bits per heavy atom. The zero-order chi connectivity index (χ0) is 18.2. The summed E-state index contributed by atoms with van der Waals surface area (Å²) in [5.41, 5.74) is 2.39. The Hall–Kier alpha value is -2.40. The lowest BCUT2D eigenvalue weighted by Gasteiger charge is -2.12. The van der Waals surface area contributed by atoms with Crippen molar-refractivity contribution in [3.05, 3.63) is 54.1 Å². The molecule has 0 aliphatic heterocycles.